The molecule has 3 aliphatic carbocycles. The third kappa shape index (κ3) is 6.02. The van der Waals surface area contributed by atoms with Crippen molar-refractivity contribution in [2.45, 2.75) is 158 Å². The van der Waals surface area contributed by atoms with Crippen LogP contribution in [0.1, 0.15) is 103 Å². The average molecular weight is 682 g/mol. The van der Waals surface area contributed by atoms with E-state index < -0.39 is 13.7 Å². The Bertz CT molecular complexity index is 1370. The molecule has 4 fully saturated rings. The summed E-state index contributed by atoms with van der Waals surface area (Å²) in [5, 5.41) is 18.1. The topological polar surface area (TPSA) is 110 Å². The van der Waals surface area contributed by atoms with Crippen molar-refractivity contribution >= 4 is 19.9 Å². The summed E-state index contributed by atoms with van der Waals surface area (Å²) in [4.78, 5) is 31.8. The zero-order valence-corrected chi connectivity index (χ0v) is 30.9. The number of amides is 2. The first-order chi connectivity index (χ1) is 23.2. The molecule has 48 heavy (non-hydrogen) atoms. The van der Waals surface area contributed by atoms with Crippen LogP contribution in [0.3, 0.4) is 0 Å². The van der Waals surface area contributed by atoms with Crippen LogP contribution in [0.4, 0.5) is 0 Å². The standard InChI is InChI=1S/C37H59N5O5Si/c1-25-35(48(3,4)30-14-12-29(46-2)13-15-30)33(16-19-40-24-27(18-21-43)38-39-40)47-37(25)31-10-5-6-11-32(31)42(36(37)45)23-26-8-7-9-28(22-26)41-20-17-34(41)44/h24-26,28-30,33,35,43H,5-23H2,1-4H3/t25-,26?,28?,29?,30?,33+,35-,37+/m1/s1. The van der Waals surface area contributed by atoms with Crippen LogP contribution in [-0.4, -0.2) is 100 Å². The minimum atomic E-state index is -1.94. The molecule has 2 unspecified atom stereocenters. The van der Waals surface area contributed by atoms with Crippen LogP contribution in [0.5, 0.6) is 0 Å². The van der Waals surface area contributed by atoms with E-state index in [1.807, 2.05) is 18.0 Å². The second-order valence-corrected chi connectivity index (χ2v) is 21.7. The number of aliphatic hydroxyl groups is 1. The predicted molar refractivity (Wildman–Crippen MR) is 186 cm³/mol. The van der Waals surface area contributed by atoms with Gasteiger partial charge in [0.15, 0.2) is 5.60 Å². The molecule has 10 nitrogen and oxygen atoms in total. The summed E-state index contributed by atoms with van der Waals surface area (Å²) in [6, 6.07) is 0.335. The Morgan fingerprint density at radius 3 is 2.56 bits per heavy atom. The number of rotatable bonds is 11. The number of ether oxygens (including phenoxy) is 2. The van der Waals surface area contributed by atoms with Crippen molar-refractivity contribution in [3.63, 3.8) is 0 Å². The van der Waals surface area contributed by atoms with Gasteiger partial charge in [-0.15, -0.1) is 5.10 Å². The first-order valence-electron chi connectivity index (χ1n) is 19.2. The summed E-state index contributed by atoms with van der Waals surface area (Å²) in [6.45, 7) is 9.94. The van der Waals surface area contributed by atoms with Gasteiger partial charge in [-0.05, 0) is 86.8 Å². The number of hydrogen-bond donors (Lipinski definition) is 1. The van der Waals surface area contributed by atoms with Gasteiger partial charge in [0.1, 0.15) is 0 Å². The summed E-state index contributed by atoms with van der Waals surface area (Å²) >= 11 is 0. The summed E-state index contributed by atoms with van der Waals surface area (Å²) < 4.78 is 15.1. The number of carbonyl (C=O) groups excluding carboxylic acids is 2. The second kappa shape index (κ2) is 13.9. The summed E-state index contributed by atoms with van der Waals surface area (Å²) in [6.07, 6.45) is 17.4. The number of aliphatic hydroxyl groups excluding tert-OH is 1. The fourth-order valence-electron chi connectivity index (χ4n) is 11.1. The quantitative estimate of drug-likeness (QED) is 0.244. The predicted octanol–water partition coefficient (Wildman–Crippen LogP) is 5.48. The van der Waals surface area contributed by atoms with Crippen LogP contribution in [-0.2, 0) is 32.0 Å². The van der Waals surface area contributed by atoms with Crippen LogP contribution in [0.15, 0.2) is 17.5 Å². The van der Waals surface area contributed by atoms with E-state index in [4.69, 9.17) is 9.47 Å². The average Bonchev–Trinajstić information content (AvgIpc) is 3.73. The van der Waals surface area contributed by atoms with E-state index in [0.717, 1.165) is 89.4 Å². The van der Waals surface area contributed by atoms with Crippen molar-refractivity contribution in [2.24, 2.45) is 11.8 Å². The zero-order valence-electron chi connectivity index (χ0n) is 29.9. The molecule has 0 bridgehead atoms. The number of fused-ring (bicyclic) bond motifs is 1. The molecule has 2 amide bonds. The van der Waals surface area contributed by atoms with Gasteiger partial charge in [-0.2, -0.15) is 0 Å². The number of aromatic nitrogens is 3. The molecule has 1 aromatic heterocycles. The third-order valence-electron chi connectivity index (χ3n) is 13.7. The highest BCUT2D eigenvalue weighted by molar-refractivity contribution is 6.80. The summed E-state index contributed by atoms with van der Waals surface area (Å²) in [5.74, 6) is 1.04. The maximum Gasteiger partial charge on any atom is 0.263 e. The molecular weight excluding hydrogens is 623 g/mol. The number of likely N-dealkylation sites (tertiary alicyclic amines) is 1. The molecule has 266 valence electrons. The van der Waals surface area contributed by atoms with Gasteiger partial charge in [-0.1, -0.05) is 44.5 Å². The van der Waals surface area contributed by atoms with E-state index in [0.29, 0.717) is 54.4 Å². The third-order valence-corrected chi connectivity index (χ3v) is 19.0. The summed E-state index contributed by atoms with van der Waals surface area (Å²) in [7, 11) is -0.0950. The van der Waals surface area contributed by atoms with Crippen molar-refractivity contribution in [1.29, 1.82) is 0 Å². The van der Waals surface area contributed by atoms with Crippen LogP contribution in [0, 0.1) is 11.8 Å². The Morgan fingerprint density at radius 1 is 1.06 bits per heavy atom. The van der Waals surface area contributed by atoms with E-state index in [9.17, 15) is 9.90 Å². The second-order valence-electron chi connectivity index (χ2n) is 16.5. The number of β-lactam (4-membered cyclic amide) rings is 1. The number of allylic oxidation sites excluding steroid dienone is 1. The van der Waals surface area contributed by atoms with E-state index in [2.05, 4.69) is 40.1 Å². The smallest absolute Gasteiger partial charge is 0.263 e. The van der Waals surface area contributed by atoms with Gasteiger partial charge >= 0.3 is 0 Å². The van der Waals surface area contributed by atoms with Crippen molar-refractivity contribution in [3.8, 4) is 0 Å². The molecule has 3 aliphatic heterocycles. The Labute approximate surface area is 288 Å². The van der Waals surface area contributed by atoms with Crippen molar-refractivity contribution in [2.75, 3.05) is 26.8 Å². The molecule has 6 aliphatic rings. The highest BCUT2D eigenvalue weighted by atomic mass is 28.3. The molecule has 0 radical (unpaired) electrons. The fourth-order valence-corrected chi connectivity index (χ4v) is 16.2. The Morgan fingerprint density at radius 2 is 1.85 bits per heavy atom. The van der Waals surface area contributed by atoms with E-state index in [1.165, 1.54) is 24.1 Å². The lowest BCUT2D eigenvalue weighted by molar-refractivity contribution is -0.151. The number of aryl methyl sites for hydroxylation is 1. The first kappa shape index (κ1) is 34.4. The Hall–Kier alpha value is -2.08. The Balaban J connectivity index is 1.17. The molecule has 7 rings (SSSR count). The van der Waals surface area contributed by atoms with Gasteiger partial charge in [0.2, 0.25) is 5.91 Å². The lowest BCUT2D eigenvalue weighted by Gasteiger charge is -2.45. The molecule has 1 aromatic rings. The molecular formula is C37H59N5O5Si. The number of carbonyl (C=O) groups is 2. The lowest BCUT2D eigenvalue weighted by Crippen LogP contribution is -2.53. The number of methoxy groups -OCH3 is 1. The minimum absolute atomic E-state index is 0.0247. The number of nitrogens with zero attached hydrogens (tertiary/aromatic N) is 5. The van der Waals surface area contributed by atoms with Crippen LogP contribution in [0.25, 0.3) is 0 Å². The molecule has 4 heterocycles. The van der Waals surface area contributed by atoms with Gasteiger partial charge in [-0.25, -0.2) is 0 Å². The van der Waals surface area contributed by atoms with Gasteiger partial charge < -0.3 is 24.4 Å². The van der Waals surface area contributed by atoms with Gasteiger partial charge in [0, 0.05) is 70.0 Å². The summed E-state index contributed by atoms with van der Waals surface area (Å²) in [5.41, 5.74) is 3.52. The maximum absolute atomic E-state index is 15.2. The lowest BCUT2D eigenvalue weighted by atomic mass is 9.78. The largest absolute Gasteiger partial charge is 0.396 e. The van der Waals surface area contributed by atoms with E-state index >= 15 is 4.79 Å². The molecule has 6 atom stereocenters. The van der Waals surface area contributed by atoms with Crippen LogP contribution in [0.2, 0.25) is 24.2 Å². The molecule has 2 saturated carbocycles. The van der Waals surface area contributed by atoms with Gasteiger partial charge in [0.05, 0.1) is 26.0 Å². The highest BCUT2D eigenvalue weighted by Crippen LogP contribution is 2.61. The maximum atomic E-state index is 15.2. The van der Waals surface area contributed by atoms with E-state index in [-0.39, 0.29) is 24.5 Å². The van der Waals surface area contributed by atoms with Crippen molar-refractivity contribution in [3.05, 3.63) is 23.2 Å². The van der Waals surface area contributed by atoms with Gasteiger partial charge in [0.25, 0.3) is 5.91 Å². The molecule has 1 spiro atoms. The van der Waals surface area contributed by atoms with Crippen LogP contribution >= 0.6 is 0 Å². The fraction of sp³-hybridized carbons (Fsp3) is 0.838. The normalized spacial score (nSPS) is 35.9. The van der Waals surface area contributed by atoms with Crippen molar-refractivity contribution < 1.29 is 24.2 Å². The molecule has 11 heteroatoms. The number of hydrogen-bond acceptors (Lipinski definition) is 7. The van der Waals surface area contributed by atoms with Crippen molar-refractivity contribution in [1.82, 2.24) is 24.8 Å². The van der Waals surface area contributed by atoms with Gasteiger partial charge in [-0.3, -0.25) is 14.3 Å². The molecule has 0 aromatic carbocycles. The molecule has 1 N–H and O–H groups in total. The van der Waals surface area contributed by atoms with Crippen LogP contribution < -0.4 is 0 Å². The zero-order chi connectivity index (χ0) is 33.6. The monoisotopic (exact) mass is 681 g/mol. The Kier molecular flexibility index (Phi) is 9.96. The molecule has 2 saturated heterocycles. The first-order valence-corrected chi connectivity index (χ1v) is 22.4. The van der Waals surface area contributed by atoms with E-state index in [1.54, 1.807) is 0 Å². The SMILES string of the molecule is COC1CCC([Si](C)(C)[C@H]2[C@H](CCn3cc(CCO)nn3)O[C@@]3(C(=O)N(CC4CCCC(N5CCC5=O)C4)C4=C3CCCC4)[C@@H]2C)CC1. The highest BCUT2D eigenvalue weighted by Gasteiger charge is 2.67. The minimum Gasteiger partial charge on any atom is -0.396 e.